The number of carbonyl (C=O) groups is 2. The van der Waals surface area contributed by atoms with Crippen LogP contribution in [0.25, 0.3) is 0 Å². The zero-order valence-corrected chi connectivity index (χ0v) is 9.04. The van der Waals surface area contributed by atoms with Crippen molar-refractivity contribution in [1.29, 1.82) is 0 Å². The van der Waals surface area contributed by atoms with E-state index in [1.165, 1.54) is 12.5 Å². The Morgan fingerprint density at radius 3 is 2.36 bits per heavy atom. The monoisotopic (exact) mass is 198 g/mol. The Bertz CT molecular complexity index is 235. The van der Waals surface area contributed by atoms with Gasteiger partial charge in [0.15, 0.2) is 5.78 Å². The molecule has 0 aliphatic carbocycles. The van der Waals surface area contributed by atoms with E-state index in [-0.39, 0.29) is 12.2 Å². The van der Waals surface area contributed by atoms with Crippen LogP contribution in [0.2, 0.25) is 0 Å². The van der Waals surface area contributed by atoms with Crippen LogP contribution in [0.4, 0.5) is 0 Å². The minimum absolute atomic E-state index is 0.103. The number of hydrogen-bond acceptors (Lipinski definition) is 3. The molecule has 0 amide bonds. The van der Waals surface area contributed by atoms with E-state index in [4.69, 9.17) is 5.11 Å². The third-order valence-corrected chi connectivity index (χ3v) is 1.81. The third-order valence-electron chi connectivity index (χ3n) is 1.81. The topological polar surface area (TPSA) is 54.4 Å². The average molecular weight is 198 g/mol. The van der Waals surface area contributed by atoms with Crippen molar-refractivity contribution in [3.63, 3.8) is 0 Å². The van der Waals surface area contributed by atoms with Crippen LogP contribution >= 0.6 is 0 Å². The van der Waals surface area contributed by atoms with E-state index in [2.05, 4.69) is 0 Å². The van der Waals surface area contributed by atoms with Crippen molar-refractivity contribution < 1.29 is 14.7 Å². The van der Waals surface area contributed by atoms with Crippen molar-refractivity contribution in [1.82, 2.24) is 0 Å². The van der Waals surface area contributed by atoms with Crippen LogP contribution in [0.1, 0.15) is 40.0 Å². The molecule has 0 aromatic heterocycles. The molecule has 80 valence electrons. The fraction of sp³-hybridized carbons (Fsp3) is 0.636. The zero-order chi connectivity index (χ0) is 11.1. The molecular weight excluding hydrogens is 180 g/mol. The molecule has 1 N–H and O–H groups in total. The van der Waals surface area contributed by atoms with Gasteiger partial charge in [-0.25, -0.2) is 0 Å². The highest BCUT2D eigenvalue weighted by Gasteiger charge is 2.13. The predicted molar refractivity (Wildman–Crippen MR) is 55.0 cm³/mol. The number of allylic oxidation sites excluding steroid dienone is 2. The zero-order valence-electron chi connectivity index (χ0n) is 9.04. The van der Waals surface area contributed by atoms with Gasteiger partial charge < -0.3 is 5.11 Å². The molecule has 3 nitrogen and oxygen atoms in total. The Morgan fingerprint density at radius 2 is 1.93 bits per heavy atom. The molecule has 0 bridgehead atoms. The summed E-state index contributed by atoms with van der Waals surface area (Å²) in [7, 11) is 0. The molecule has 14 heavy (non-hydrogen) atoms. The van der Waals surface area contributed by atoms with Crippen molar-refractivity contribution in [2.24, 2.45) is 0 Å². The molecule has 0 aromatic rings. The van der Waals surface area contributed by atoms with Crippen molar-refractivity contribution in [2.75, 3.05) is 0 Å². The van der Waals surface area contributed by atoms with Gasteiger partial charge in [0.05, 0.1) is 6.42 Å². The molecule has 3 heteroatoms. The maximum Gasteiger partial charge on any atom is 0.168 e. The summed E-state index contributed by atoms with van der Waals surface area (Å²) in [6.45, 7) is 5.31. The smallest absolute Gasteiger partial charge is 0.168 e. The Kier molecular flexibility index (Phi) is 6.04. The summed E-state index contributed by atoms with van der Waals surface area (Å²) in [6.07, 6.45) is 1.85. The molecule has 0 spiro atoms. The maximum atomic E-state index is 11.2. The van der Waals surface area contributed by atoms with Gasteiger partial charge in [-0.15, -0.1) is 0 Å². The number of hydrogen-bond donors (Lipinski definition) is 1. The second kappa shape index (κ2) is 6.49. The highest BCUT2D eigenvalue weighted by Crippen LogP contribution is 2.02. The Hall–Kier alpha value is -0.960. The van der Waals surface area contributed by atoms with Gasteiger partial charge in [-0.1, -0.05) is 11.6 Å². The molecule has 0 aliphatic rings. The quantitative estimate of drug-likeness (QED) is 0.521. The van der Waals surface area contributed by atoms with E-state index in [9.17, 15) is 9.59 Å². The molecule has 0 heterocycles. The van der Waals surface area contributed by atoms with E-state index < -0.39 is 11.9 Å². The van der Waals surface area contributed by atoms with Crippen LogP contribution in [0, 0.1) is 0 Å². The lowest BCUT2D eigenvalue weighted by Crippen LogP contribution is -2.19. The maximum absolute atomic E-state index is 11.2. The number of carbonyl (C=O) groups excluding carboxylic acids is 2. The summed E-state index contributed by atoms with van der Waals surface area (Å²) >= 11 is 0. The van der Waals surface area contributed by atoms with Gasteiger partial charge in [-0.2, -0.15) is 0 Å². The van der Waals surface area contributed by atoms with Gasteiger partial charge in [0.2, 0.25) is 0 Å². The molecule has 0 aromatic carbocycles. The van der Waals surface area contributed by atoms with Crippen LogP contribution in [-0.2, 0) is 9.59 Å². The van der Waals surface area contributed by atoms with E-state index in [1.807, 2.05) is 19.9 Å². The average Bonchev–Trinajstić information content (AvgIpc) is 2.02. The first-order chi connectivity index (χ1) is 6.43. The second-order valence-electron chi connectivity index (χ2n) is 3.68. The van der Waals surface area contributed by atoms with Gasteiger partial charge in [0.25, 0.3) is 0 Å². The molecule has 0 saturated carbocycles. The largest absolute Gasteiger partial charge is 0.386 e. The van der Waals surface area contributed by atoms with Crippen LogP contribution < -0.4 is 0 Å². The third kappa shape index (κ3) is 6.54. The normalized spacial score (nSPS) is 12.0. The Morgan fingerprint density at radius 1 is 1.36 bits per heavy atom. The van der Waals surface area contributed by atoms with Gasteiger partial charge in [-0.3, -0.25) is 9.59 Å². The second-order valence-corrected chi connectivity index (χ2v) is 3.68. The first-order valence-corrected chi connectivity index (χ1v) is 4.79. The fourth-order valence-electron chi connectivity index (χ4n) is 0.952. The van der Waals surface area contributed by atoms with Crippen LogP contribution in [0.3, 0.4) is 0 Å². The summed E-state index contributed by atoms with van der Waals surface area (Å²) in [5.74, 6) is -0.499. The van der Waals surface area contributed by atoms with Gasteiger partial charge in [-0.05, 0) is 27.2 Å². The predicted octanol–water partition coefficient (Wildman–Crippen LogP) is 1.64. The molecular formula is C11H18O3. The van der Waals surface area contributed by atoms with Crippen molar-refractivity contribution in [2.45, 2.75) is 46.1 Å². The standard InChI is InChI=1S/C11H18O3/c1-8(2)5-4-6-10(13)7-11(14)9(3)12/h5,9,12H,4,6-7H2,1-3H3. The van der Waals surface area contributed by atoms with Crippen molar-refractivity contribution in [3.8, 4) is 0 Å². The van der Waals surface area contributed by atoms with Gasteiger partial charge >= 0.3 is 0 Å². The molecule has 1 atom stereocenters. The number of ketones is 2. The number of aliphatic hydroxyl groups is 1. The van der Waals surface area contributed by atoms with Crippen LogP contribution in [0.5, 0.6) is 0 Å². The lowest BCUT2D eigenvalue weighted by atomic mass is 10.1. The van der Waals surface area contributed by atoms with Gasteiger partial charge in [0.1, 0.15) is 11.9 Å². The highest BCUT2D eigenvalue weighted by atomic mass is 16.3. The van der Waals surface area contributed by atoms with E-state index in [0.717, 1.165) is 0 Å². The molecule has 0 saturated heterocycles. The SMILES string of the molecule is CC(C)=CCCC(=O)CC(=O)C(C)O. The summed E-state index contributed by atoms with van der Waals surface area (Å²) in [5.41, 5.74) is 1.17. The Labute approximate surface area is 84.8 Å². The Balaban J connectivity index is 3.77. The summed E-state index contributed by atoms with van der Waals surface area (Å²) in [4.78, 5) is 22.1. The molecule has 0 rings (SSSR count). The minimum Gasteiger partial charge on any atom is -0.386 e. The van der Waals surface area contributed by atoms with E-state index in [0.29, 0.717) is 12.8 Å². The number of aliphatic hydroxyl groups excluding tert-OH is 1. The van der Waals surface area contributed by atoms with Crippen LogP contribution in [0.15, 0.2) is 11.6 Å². The summed E-state index contributed by atoms with van der Waals surface area (Å²) < 4.78 is 0. The fourth-order valence-corrected chi connectivity index (χ4v) is 0.952. The molecule has 0 aliphatic heterocycles. The van der Waals surface area contributed by atoms with E-state index in [1.54, 1.807) is 0 Å². The molecule has 0 radical (unpaired) electrons. The summed E-state index contributed by atoms with van der Waals surface area (Å²) in [6, 6.07) is 0. The highest BCUT2D eigenvalue weighted by molar-refractivity contribution is 6.00. The van der Waals surface area contributed by atoms with Gasteiger partial charge in [0, 0.05) is 6.42 Å². The molecule has 0 fully saturated rings. The number of Topliss-reactive ketones (excluding diaryl/α,β-unsaturated/α-hetero) is 2. The minimum atomic E-state index is -1.03. The lowest BCUT2D eigenvalue weighted by Gasteiger charge is -2.01. The lowest BCUT2D eigenvalue weighted by molar-refractivity contribution is -0.131. The number of rotatable bonds is 6. The van der Waals surface area contributed by atoms with Crippen LogP contribution in [-0.4, -0.2) is 22.8 Å². The van der Waals surface area contributed by atoms with Crippen molar-refractivity contribution >= 4 is 11.6 Å². The molecule has 1 unspecified atom stereocenters. The van der Waals surface area contributed by atoms with E-state index >= 15 is 0 Å². The summed E-state index contributed by atoms with van der Waals surface area (Å²) in [5, 5.41) is 8.87. The first-order valence-electron chi connectivity index (χ1n) is 4.79. The first kappa shape index (κ1) is 13.0. The van der Waals surface area contributed by atoms with Crippen molar-refractivity contribution in [3.05, 3.63) is 11.6 Å².